The molecule has 0 radical (unpaired) electrons. The summed E-state index contributed by atoms with van der Waals surface area (Å²) in [5, 5.41) is 26.0. The molecule has 0 saturated carbocycles. The van der Waals surface area contributed by atoms with Crippen molar-refractivity contribution in [2.45, 2.75) is 29.9 Å². The molecule has 0 amide bonds. The molecule has 0 aromatic heterocycles. The number of ether oxygens (including phenoxy) is 2. The molecule has 5 atom stereocenters. The first kappa shape index (κ1) is 13.8. The molecule has 0 bridgehead atoms. The van der Waals surface area contributed by atoms with Gasteiger partial charge in [0.1, 0.15) is 23.6 Å². The quantitative estimate of drug-likeness (QED) is 0.403. The summed E-state index contributed by atoms with van der Waals surface area (Å²) in [6.45, 7) is -0.742. The van der Waals surface area contributed by atoms with Gasteiger partial charge in [-0.25, -0.2) is 0 Å². The minimum atomic E-state index is -4.65. The van der Waals surface area contributed by atoms with Crippen LogP contribution in [0.25, 0.3) is 0 Å². The molecule has 0 aromatic rings. The molecule has 0 aliphatic carbocycles. The van der Waals surface area contributed by atoms with Gasteiger partial charge in [0.05, 0.1) is 6.61 Å². The molecule has 1 fully saturated rings. The summed E-state index contributed by atoms with van der Waals surface area (Å²) < 4.78 is 40.3. The molecule has 1 rings (SSSR count). The lowest BCUT2D eigenvalue weighted by atomic mass is 10.0. The predicted molar refractivity (Wildman–Crippen MR) is 50.1 cm³/mol. The van der Waals surface area contributed by atoms with Gasteiger partial charge in [-0.2, -0.15) is 8.42 Å². The highest BCUT2D eigenvalue weighted by atomic mass is 32.2. The second-order valence-electron chi connectivity index (χ2n) is 3.42. The fourth-order valence-electron chi connectivity index (χ4n) is 1.62. The Kier molecular flexibility index (Phi) is 4.23. The Morgan fingerprint density at radius 3 is 2.25 bits per heavy atom. The van der Waals surface area contributed by atoms with Gasteiger partial charge in [-0.15, -0.1) is 0 Å². The number of hydrogen-bond donors (Lipinski definition) is 4. The molecule has 0 aromatic carbocycles. The minimum absolute atomic E-state index is 0.742. The normalized spacial score (nSPS) is 40.9. The third kappa shape index (κ3) is 2.51. The zero-order valence-corrected chi connectivity index (χ0v) is 9.24. The molecule has 1 saturated heterocycles. The molecule has 0 spiro atoms. The van der Waals surface area contributed by atoms with E-state index in [2.05, 4.69) is 4.74 Å². The Bertz CT molecular complexity index is 325. The number of rotatable bonds is 3. The smallest absolute Gasteiger partial charge is 0.273 e. The van der Waals surface area contributed by atoms with Crippen LogP contribution in [0.5, 0.6) is 0 Å². The highest BCUT2D eigenvalue weighted by molar-refractivity contribution is 7.86. The van der Waals surface area contributed by atoms with Crippen LogP contribution in [0.3, 0.4) is 0 Å². The highest BCUT2D eigenvalue weighted by Gasteiger charge is 2.50. The van der Waals surface area contributed by atoms with Crippen LogP contribution in [0.1, 0.15) is 0 Å². The average Bonchev–Trinajstić information content (AvgIpc) is 2.19. The van der Waals surface area contributed by atoms with Crippen LogP contribution in [0.2, 0.25) is 0 Å². The number of aliphatic hydroxyl groups excluding tert-OH is 3. The molecular formula is C7H14O8S. The monoisotopic (exact) mass is 258 g/mol. The number of hydrogen-bond acceptors (Lipinski definition) is 7. The zero-order chi connectivity index (χ0) is 12.5. The molecule has 8 nitrogen and oxygen atoms in total. The first-order valence-electron chi connectivity index (χ1n) is 4.44. The molecule has 96 valence electrons. The maximum atomic E-state index is 11.0. The van der Waals surface area contributed by atoms with Gasteiger partial charge in [0.25, 0.3) is 10.1 Å². The van der Waals surface area contributed by atoms with E-state index >= 15 is 0 Å². The van der Waals surface area contributed by atoms with Crippen molar-refractivity contribution in [3.05, 3.63) is 0 Å². The molecule has 16 heavy (non-hydrogen) atoms. The van der Waals surface area contributed by atoms with Gasteiger partial charge >= 0.3 is 0 Å². The Labute approximate surface area is 92.2 Å². The summed E-state index contributed by atoms with van der Waals surface area (Å²) in [6.07, 6.45) is -6.05. The first-order valence-corrected chi connectivity index (χ1v) is 5.94. The second-order valence-corrected chi connectivity index (χ2v) is 5.00. The van der Waals surface area contributed by atoms with Gasteiger partial charge in [-0.1, -0.05) is 0 Å². The van der Waals surface area contributed by atoms with E-state index in [1.165, 1.54) is 7.11 Å². The SMILES string of the molecule is CO[C@H]1O[C@H](CO)[C@@H](S(=O)(=O)O)[C@H](O)[C@H]1O. The molecule has 1 aliphatic heterocycles. The van der Waals surface area contributed by atoms with Gasteiger partial charge < -0.3 is 24.8 Å². The maximum absolute atomic E-state index is 11.0. The van der Waals surface area contributed by atoms with Gasteiger partial charge in [0.2, 0.25) is 0 Å². The van der Waals surface area contributed by atoms with Crippen LogP contribution >= 0.6 is 0 Å². The fraction of sp³-hybridized carbons (Fsp3) is 1.00. The lowest BCUT2D eigenvalue weighted by Crippen LogP contribution is -2.61. The summed E-state index contributed by atoms with van der Waals surface area (Å²) in [5.74, 6) is 0. The third-order valence-electron chi connectivity index (χ3n) is 2.40. The van der Waals surface area contributed by atoms with Crippen molar-refractivity contribution in [1.82, 2.24) is 0 Å². The second kappa shape index (κ2) is 4.92. The van der Waals surface area contributed by atoms with Gasteiger partial charge in [0.15, 0.2) is 6.29 Å². The molecule has 1 heterocycles. The van der Waals surface area contributed by atoms with E-state index in [0.29, 0.717) is 0 Å². The topological polar surface area (TPSA) is 134 Å². The lowest BCUT2D eigenvalue weighted by Gasteiger charge is -2.39. The van der Waals surface area contributed by atoms with Gasteiger partial charge in [-0.05, 0) is 0 Å². The Morgan fingerprint density at radius 2 is 1.88 bits per heavy atom. The van der Waals surface area contributed by atoms with E-state index in [1.807, 2.05) is 0 Å². The van der Waals surface area contributed by atoms with Crippen molar-refractivity contribution in [2.24, 2.45) is 0 Å². The van der Waals surface area contributed by atoms with E-state index < -0.39 is 46.6 Å². The summed E-state index contributed by atoms with van der Waals surface area (Å²) >= 11 is 0. The summed E-state index contributed by atoms with van der Waals surface area (Å²) in [4.78, 5) is 0. The van der Waals surface area contributed by atoms with Crippen LogP contribution in [0, 0.1) is 0 Å². The van der Waals surface area contributed by atoms with E-state index in [4.69, 9.17) is 14.4 Å². The Morgan fingerprint density at radius 1 is 1.31 bits per heavy atom. The summed E-state index contributed by atoms with van der Waals surface area (Å²) in [7, 11) is -3.47. The van der Waals surface area contributed by atoms with Crippen LogP contribution in [0.4, 0.5) is 0 Å². The van der Waals surface area contributed by atoms with Crippen LogP contribution in [0.15, 0.2) is 0 Å². The summed E-state index contributed by atoms with van der Waals surface area (Å²) in [6, 6.07) is 0. The van der Waals surface area contributed by atoms with Crippen molar-refractivity contribution < 1.29 is 37.8 Å². The van der Waals surface area contributed by atoms with Crippen molar-refractivity contribution in [3.8, 4) is 0 Å². The summed E-state index contributed by atoms with van der Waals surface area (Å²) in [5.41, 5.74) is 0. The van der Waals surface area contributed by atoms with E-state index in [1.54, 1.807) is 0 Å². The van der Waals surface area contributed by atoms with Crippen molar-refractivity contribution in [1.29, 1.82) is 0 Å². The maximum Gasteiger partial charge on any atom is 0.273 e. The molecule has 4 N–H and O–H groups in total. The van der Waals surface area contributed by atoms with Crippen molar-refractivity contribution >= 4 is 10.1 Å². The fourth-order valence-corrected chi connectivity index (χ4v) is 2.66. The standard InChI is InChI=1S/C7H14O8S/c1-14-7-5(10)4(9)6(16(11,12)13)3(2-8)15-7/h3-10H,2H2,1H3,(H,11,12,13)/t3-,4-,5-,6-,7+/m1/s1. The largest absolute Gasteiger partial charge is 0.394 e. The van der Waals surface area contributed by atoms with Crippen LogP contribution in [-0.4, -0.2) is 71.9 Å². The van der Waals surface area contributed by atoms with Gasteiger partial charge in [0, 0.05) is 7.11 Å². The molecular weight excluding hydrogens is 244 g/mol. The highest BCUT2D eigenvalue weighted by Crippen LogP contribution is 2.25. The first-order chi connectivity index (χ1) is 7.32. The number of aliphatic hydroxyl groups is 3. The van der Waals surface area contributed by atoms with E-state index in [-0.39, 0.29) is 0 Å². The van der Waals surface area contributed by atoms with Crippen molar-refractivity contribution in [2.75, 3.05) is 13.7 Å². The Balaban J connectivity index is 3.00. The van der Waals surface area contributed by atoms with Crippen LogP contribution < -0.4 is 0 Å². The third-order valence-corrected chi connectivity index (χ3v) is 3.67. The number of methoxy groups -OCH3 is 1. The zero-order valence-electron chi connectivity index (χ0n) is 8.42. The Hall–Kier alpha value is -0.290. The van der Waals surface area contributed by atoms with Gasteiger partial charge in [-0.3, -0.25) is 4.55 Å². The van der Waals surface area contributed by atoms with Crippen molar-refractivity contribution in [3.63, 3.8) is 0 Å². The molecule has 9 heteroatoms. The lowest BCUT2D eigenvalue weighted by molar-refractivity contribution is -0.260. The predicted octanol–water partition coefficient (Wildman–Crippen LogP) is -2.67. The molecule has 0 unspecified atom stereocenters. The van der Waals surface area contributed by atoms with E-state index in [0.717, 1.165) is 0 Å². The van der Waals surface area contributed by atoms with Crippen LogP contribution in [-0.2, 0) is 19.6 Å². The average molecular weight is 258 g/mol. The van der Waals surface area contributed by atoms with E-state index in [9.17, 15) is 18.6 Å². The molecule has 1 aliphatic rings. The minimum Gasteiger partial charge on any atom is -0.394 e.